The zero-order valence-corrected chi connectivity index (χ0v) is 15.5. The predicted molar refractivity (Wildman–Crippen MR) is 95.5 cm³/mol. The van der Waals surface area contributed by atoms with Crippen molar-refractivity contribution in [1.29, 1.82) is 5.26 Å². The molecule has 3 rings (SSSR count). The highest BCUT2D eigenvalue weighted by atomic mass is 79.9. The highest BCUT2D eigenvalue weighted by Gasteiger charge is 2.27. The van der Waals surface area contributed by atoms with Gasteiger partial charge in [-0.3, -0.25) is 4.79 Å². The largest absolute Gasteiger partial charge is 0.470 e. The molecule has 1 fully saturated rings. The second-order valence-electron chi connectivity index (χ2n) is 5.58. The third-order valence-electron chi connectivity index (χ3n) is 3.87. The number of carbonyl (C=O) groups is 1. The first-order valence-electron chi connectivity index (χ1n) is 7.70. The van der Waals surface area contributed by atoms with Crippen molar-refractivity contribution in [2.45, 2.75) is 18.9 Å². The van der Waals surface area contributed by atoms with Crippen LogP contribution in [0.25, 0.3) is 0 Å². The summed E-state index contributed by atoms with van der Waals surface area (Å²) < 4.78 is 6.61. The fourth-order valence-electron chi connectivity index (χ4n) is 2.70. The summed E-state index contributed by atoms with van der Waals surface area (Å²) in [7, 11) is 0. The first-order valence-corrected chi connectivity index (χ1v) is 8.87. The number of aromatic nitrogens is 2. The van der Waals surface area contributed by atoms with Gasteiger partial charge in [-0.05, 0) is 31.0 Å². The van der Waals surface area contributed by atoms with E-state index in [-0.39, 0.29) is 23.6 Å². The van der Waals surface area contributed by atoms with Crippen LogP contribution in [-0.4, -0.2) is 40.0 Å². The minimum Gasteiger partial charge on any atom is -0.470 e. The molecular weight excluding hydrogens is 408 g/mol. The molecule has 0 aliphatic carbocycles. The molecule has 1 aliphatic heterocycles. The van der Waals surface area contributed by atoms with Gasteiger partial charge < -0.3 is 9.64 Å². The van der Waals surface area contributed by atoms with Crippen molar-refractivity contribution < 1.29 is 9.53 Å². The number of benzene rings is 1. The summed E-state index contributed by atoms with van der Waals surface area (Å²) in [6.45, 7) is 1.04. The Labute approximate surface area is 158 Å². The van der Waals surface area contributed by atoms with Gasteiger partial charge >= 0.3 is 0 Å². The van der Waals surface area contributed by atoms with Gasteiger partial charge in [0.25, 0.3) is 11.8 Å². The van der Waals surface area contributed by atoms with Crippen LogP contribution in [0.5, 0.6) is 5.88 Å². The van der Waals surface area contributed by atoms with E-state index in [1.807, 2.05) is 6.07 Å². The zero-order chi connectivity index (χ0) is 17.8. The van der Waals surface area contributed by atoms with E-state index >= 15 is 0 Å². The van der Waals surface area contributed by atoms with Crippen molar-refractivity contribution in [1.82, 2.24) is 14.9 Å². The zero-order valence-electron chi connectivity index (χ0n) is 13.2. The molecule has 1 atom stereocenters. The number of nitrogens with zero attached hydrogens (tertiary/aromatic N) is 4. The summed E-state index contributed by atoms with van der Waals surface area (Å²) in [6, 6.07) is 7.15. The van der Waals surface area contributed by atoms with Gasteiger partial charge in [-0.25, -0.2) is 9.97 Å². The Bertz CT molecular complexity index is 840. The minimum absolute atomic E-state index is 0.140. The molecule has 1 saturated heterocycles. The van der Waals surface area contributed by atoms with Crippen LogP contribution in [0.1, 0.15) is 28.9 Å². The van der Waals surface area contributed by atoms with E-state index in [1.54, 1.807) is 23.1 Å². The molecule has 8 heteroatoms. The molecule has 2 heterocycles. The molecule has 0 saturated carbocycles. The first-order chi connectivity index (χ1) is 12.1. The maximum absolute atomic E-state index is 12.8. The molecule has 128 valence electrons. The van der Waals surface area contributed by atoms with Gasteiger partial charge in [-0.1, -0.05) is 27.5 Å². The van der Waals surface area contributed by atoms with E-state index in [2.05, 4.69) is 25.9 Å². The maximum atomic E-state index is 12.8. The van der Waals surface area contributed by atoms with Crippen LogP contribution in [-0.2, 0) is 0 Å². The fraction of sp³-hybridized carbons (Fsp3) is 0.294. The molecule has 6 nitrogen and oxygen atoms in total. The summed E-state index contributed by atoms with van der Waals surface area (Å²) in [6.07, 6.45) is 4.25. The van der Waals surface area contributed by atoms with Crippen molar-refractivity contribution in [2.75, 3.05) is 13.1 Å². The number of rotatable bonds is 3. The molecule has 25 heavy (non-hydrogen) atoms. The van der Waals surface area contributed by atoms with Crippen molar-refractivity contribution in [3.63, 3.8) is 0 Å². The molecule has 1 unspecified atom stereocenters. The van der Waals surface area contributed by atoms with Gasteiger partial charge in [0.1, 0.15) is 12.2 Å². The minimum atomic E-state index is -0.243. The predicted octanol–water partition coefficient (Wildman–Crippen LogP) is 3.45. The monoisotopic (exact) mass is 420 g/mol. The summed E-state index contributed by atoms with van der Waals surface area (Å²) in [5.41, 5.74) is 0.592. The maximum Gasteiger partial charge on any atom is 0.255 e. The molecule has 0 bridgehead atoms. The highest BCUT2D eigenvalue weighted by Crippen LogP contribution is 2.25. The van der Waals surface area contributed by atoms with Gasteiger partial charge in [0.15, 0.2) is 0 Å². The SMILES string of the molecule is N#Cc1nccnc1OC1CCCN(C(=O)c2cc(Br)ccc2Cl)C1. The molecular formula is C17H14BrClN4O2. The van der Waals surface area contributed by atoms with Crippen LogP contribution in [0.15, 0.2) is 35.1 Å². The van der Waals surface area contributed by atoms with Crippen LogP contribution >= 0.6 is 27.5 Å². The molecule has 0 N–H and O–H groups in total. The molecule has 1 amide bonds. The Hall–Kier alpha value is -2.17. The van der Waals surface area contributed by atoms with Crippen LogP contribution in [0.3, 0.4) is 0 Å². The lowest BCUT2D eigenvalue weighted by molar-refractivity contribution is 0.0526. The lowest BCUT2D eigenvalue weighted by Crippen LogP contribution is -2.44. The first kappa shape index (κ1) is 17.6. The van der Waals surface area contributed by atoms with Crippen molar-refractivity contribution in [3.05, 3.63) is 51.3 Å². The lowest BCUT2D eigenvalue weighted by Gasteiger charge is -2.32. The van der Waals surface area contributed by atoms with E-state index in [9.17, 15) is 4.79 Å². The topological polar surface area (TPSA) is 79.1 Å². The van der Waals surface area contributed by atoms with Crippen LogP contribution in [0, 0.1) is 11.3 Å². The Morgan fingerprint density at radius 2 is 2.20 bits per heavy atom. The van der Waals surface area contributed by atoms with Gasteiger partial charge in [-0.15, -0.1) is 0 Å². The average Bonchev–Trinajstić information content (AvgIpc) is 2.64. The Morgan fingerprint density at radius 3 is 3.00 bits per heavy atom. The van der Waals surface area contributed by atoms with Gasteiger partial charge in [0.05, 0.1) is 17.1 Å². The summed E-state index contributed by atoms with van der Waals surface area (Å²) >= 11 is 9.52. The number of ether oxygens (including phenoxy) is 1. The second kappa shape index (κ2) is 7.81. The molecule has 0 radical (unpaired) electrons. The van der Waals surface area contributed by atoms with E-state index in [1.165, 1.54) is 12.4 Å². The lowest BCUT2D eigenvalue weighted by atomic mass is 10.1. The normalized spacial score (nSPS) is 17.0. The quantitative estimate of drug-likeness (QED) is 0.758. The second-order valence-corrected chi connectivity index (χ2v) is 6.90. The Balaban J connectivity index is 1.74. The van der Waals surface area contributed by atoms with E-state index in [0.29, 0.717) is 23.7 Å². The summed E-state index contributed by atoms with van der Waals surface area (Å²) in [5, 5.41) is 9.49. The van der Waals surface area contributed by atoms with Crippen molar-refractivity contribution in [2.24, 2.45) is 0 Å². The molecule has 0 spiro atoms. The number of likely N-dealkylation sites (tertiary alicyclic amines) is 1. The third-order valence-corrected chi connectivity index (χ3v) is 4.70. The Morgan fingerprint density at radius 1 is 1.40 bits per heavy atom. The van der Waals surface area contributed by atoms with E-state index < -0.39 is 0 Å². The number of carbonyl (C=O) groups excluding carboxylic acids is 1. The standard InChI is InChI=1S/C17H14BrClN4O2/c18-11-3-4-14(19)13(8-11)17(24)23-7-1-2-12(10-23)25-16-15(9-20)21-5-6-22-16/h3-6,8,12H,1-2,7,10H2. The van der Waals surface area contributed by atoms with E-state index in [4.69, 9.17) is 21.6 Å². The molecule has 1 aliphatic rings. The number of nitriles is 1. The van der Waals surface area contributed by atoms with Gasteiger partial charge in [0.2, 0.25) is 5.69 Å². The number of piperidine rings is 1. The summed E-state index contributed by atoms with van der Waals surface area (Å²) in [5.74, 6) is 0.0593. The molecule has 2 aromatic rings. The molecule has 1 aromatic carbocycles. The van der Waals surface area contributed by atoms with Crippen molar-refractivity contribution in [3.8, 4) is 11.9 Å². The smallest absolute Gasteiger partial charge is 0.255 e. The average molecular weight is 422 g/mol. The number of halogens is 2. The Kier molecular flexibility index (Phi) is 5.51. The van der Waals surface area contributed by atoms with Gasteiger partial charge in [0, 0.05) is 23.4 Å². The third kappa shape index (κ3) is 4.09. The highest BCUT2D eigenvalue weighted by molar-refractivity contribution is 9.10. The van der Waals surface area contributed by atoms with E-state index in [0.717, 1.165) is 17.3 Å². The van der Waals surface area contributed by atoms with Crippen LogP contribution < -0.4 is 4.74 Å². The number of hydrogen-bond donors (Lipinski definition) is 0. The fourth-order valence-corrected chi connectivity index (χ4v) is 3.26. The van der Waals surface area contributed by atoms with Crippen molar-refractivity contribution >= 4 is 33.4 Å². The molecule has 1 aromatic heterocycles. The van der Waals surface area contributed by atoms with Gasteiger partial charge in [-0.2, -0.15) is 5.26 Å². The number of hydrogen-bond acceptors (Lipinski definition) is 5. The number of amides is 1. The van der Waals surface area contributed by atoms with Crippen LogP contribution in [0.4, 0.5) is 0 Å². The summed E-state index contributed by atoms with van der Waals surface area (Å²) in [4.78, 5) is 22.5. The van der Waals surface area contributed by atoms with Crippen LogP contribution in [0.2, 0.25) is 5.02 Å².